The molecule has 1 aromatic carbocycles. The van der Waals surface area contributed by atoms with Crippen molar-refractivity contribution in [3.63, 3.8) is 0 Å². The molecule has 2 amide bonds. The van der Waals surface area contributed by atoms with E-state index >= 15 is 0 Å². The largest absolute Gasteiger partial charge is 0.495 e. The first-order valence-corrected chi connectivity index (χ1v) is 9.00. The fourth-order valence-electron chi connectivity index (χ4n) is 2.68. The Bertz CT molecular complexity index is 689. The molecule has 128 valence electrons. The highest BCUT2D eigenvalue weighted by Gasteiger charge is 2.33. The van der Waals surface area contributed by atoms with E-state index in [1.807, 2.05) is 0 Å². The van der Waals surface area contributed by atoms with Crippen LogP contribution in [-0.4, -0.2) is 47.3 Å². The van der Waals surface area contributed by atoms with E-state index in [9.17, 15) is 9.59 Å². The lowest BCUT2D eigenvalue weighted by Gasteiger charge is -2.16. The smallest absolute Gasteiger partial charge is 0.262 e. The maximum absolute atomic E-state index is 12.2. The number of anilines is 1. The second-order valence-electron chi connectivity index (χ2n) is 5.63. The number of ether oxygens (including phenoxy) is 1. The number of carbonyl (C=O) groups excluding carboxylic acids is 2. The predicted octanol–water partition coefficient (Wildman–Crippen LogP) is 2.77. The summed E-state index contributed by atoms with van der Waals surface area (Å²) >= 11 is 7.42. The molecular weight excluding hydrogens is 350 g/mol. The van der Waals surface area contributed by atoms with Crippen LogP contribution >= 0.6 is 23.4 Å². The molecule has 0 radical (unpaired) electrons. The highest BCUT2D eigenvalue weighted by atomic mass is 35.5. The number of aliphatic imine (C=N–C) groups is 1. The van der Waals surface area contributed by atoms with Gasteiger partial charge in [-0.1, -0.05) is 23.4 Å². The van der Waals surface area contributed by atoms with Crippen LogP contribution in [0.3, 0.4) is 0 Å². The lowest BCUT2D eigenvalue weighted by molar-refractivity contribution is -0.121. The quantitative estimate of drug-likeness (QED) is 0.886. The van der Waals surface area contributed by atoms with Crippen LogP contribution in [0.25, 0.3) is 0 Å². The summed E-state index contributed by atoms with van der Waals surface area (Å²) in [6.45, 7) is 1.87. The van der Waals surface area contributed by atoms with Crippen LogP contribution in [0.15, 0.2) is 23.2 Å². The number of benzene rings is 1. The van der Waals surface area contributed by atoms with E-state index in [0.717, 1.165) is 31.1 Å². The van der Waals surface area contributed by atoms with E-state index in [4.69, 9.17) is 16.3 Å². The van der Waals surface area contributed by atoms with Gasteiger partial charge in [-0.15, -0.1) is 0 Å². The van der Waals surface area contributed by atoms with Crippen molar-refractivity contribution < 1.29 is 14.3 Å². The predicted molar refractivity (Wildman–Crippen MR) is 95.9 cm³/mol. The summed E-state index contributed by atoms with van der Waals surface area (Å²) < 4.78 is 5.07. The zero-order chi connectivity index (χ0) is 17.1. The SMILES string of the molecule is COc1ccc(NC(=O)C[C@H]2SC(N3CCCC3)=NC2=O)cc1Cl. The van der Waals surface area contributed by atoms with Gasteiger partial charge >= 0.3 is 0 Å². The summed E-state index contributed by atoms with van der Waals surface area (Å²) in [6, 6.07) is 5.01. The Morgan fingerprint density at radius 2 is 2.21 bits per heavy atom. The minimum atomic E-state index is -0.450. The standard InChI is InChI=1S/C16H18ClN3O3S/c1-23-12-5-4-10(8-11(12)17)18-14(21)9-13-15(22)19-16(24-13)20-6-2-3-7-20/h4-5,8,13H,2-3,6-7,9H2,1H3,(H,18,21)/t13-/m1/s1. The van der Waals surface area contributed by atoms with Crippen LogP contribution < -0.4 is 10.1 Å². The van der Waals surface area contributed by atoms with Crippen molar-refractivity contribution in [1.29, 1.82) is 0 Å². The van der Waals surface area contributed by atoms with Crippen LogP contribution in [0.4, 0.5) is 5.69 Å². The highest BCUT2D eigenvalue weighted by Crippen LogP contribution is 2.30. The van der Waals surface area contributed by atoms with Crippen LogP contribution in [0.1, 0.15) is 19.3 Å². The molecule has 3 rings (SSSR count). The fourth-order valence-corrected chi connectivity index (χ4v) is 4.05. The summed E-state index contributed by atoms with van der Waals surface area (Å²) in [5.41, 5.74) is 0.571. The topological polar surface area (TPSA) is 71.0 Å². The number of amidine groups is 1. The van der Waals surface area contributed by atoms with Crippen molar-refractivity contribution in [2.24, 2.45) is 4.99 Å². The zero-order valence-corrected chi connectivity index (χ0v) is 14.8. The first-order chi connectivity index (χ1) is 11.6. The van der Waals surface area contributed by atoms with E-state index < -0.39 is 5.25 Å². The fraction of sp³-hybridized carbons (Fsp3) is 0.438. The summed E-state index contributed by atoms with van der Waals surface area (Å²) in [4.78, 5) is 30.4. The normalized spacial score (nSPS) is 20.2. The molecule has 2 heterocycles. The van der Waals surface area contributed by atoms with Gasteiger partial charge in [0.25, 0.3) is 5.91 Å². The third-order valence-corrected chi connectivity index (χ3v) is 5.42. The maximum atomic E-state index is 12.2. The van der Waals surface area contributed by atoms with E-state index in [2.05, 4.69) is 15.2 Å². The van der Waals surface area contributed by atoms with Gasteiger partial charge < -0.3 is 15.0 Å². The van der Waals surface area contributed by atoms with Gasteiger partial charge in [-0.3, -0.25) is 9.59 Å². The van der Waals surface area contributed by atoms with Crippen molar-refractivity contribution in [1.82, 2.24) is 4.90 Å². The number of hydrogen-bond acceptors (Lipinski definition) is 5. The van der Waals surface area contributed by atoms with Gasteiger partial charge in [0.05, 0.1) is 12.1 Å². The zero-order valence-electron chi connectivity index (χ0n) is 13.3. The van der Waals surface area contributed by atoms with Gasteiger partial charge in [0, 0.05) is 25.2 Å². The highest BCUT2D eigenvalue weighted by molar-refractivity contribution is 8.15. The van der Waals surface area contributed by atoms with E-state index in [1.165, 1.54) is 18.9 Å². The molecule has 24 heavy (non-hydrogen) atoms. The maximum Gasteiger partial charge on any atom is 0.262 e. The summed E-state index contributed by atoms with van der Waals surface area (Å²) in [5, 5.41) is 3.48. The molecule has 0 unspecified atom stereocenters. The molecular formula is C16H18ClN3O3S. The molecule has 1 N–H and O–H groups in total. The molecule has 0 spiro atoms. The lowest BCUT2D eigenvalue weighted by atomic mass is 10.2. The average molecular weight is 368 g/mol. The number of likely N-dealkylation sites (tertiary alicyclic amines) is 1. The molecule has 1 aromatic rings. The molecule has 1 saturated heterocycles. The van der Waals surface area contributed by atoms with Crippen molar-refractivity contribution in [3.05, 3.63) is 23.2 Å². The monoisotopic (exact) mass is 367 g/mol. The van der Waals surface area contributed by atoms with Gasteiger partial charge in [-0.2, -0.15) is 4.99 Å². The summed E-state index contributed by atoms with van der Waals surface area (Å²) in [6.07, 6.45) is 2.34. The molecule has 2 aliphatic rings. The third kappa shape index (κ3) is 3.84. The van der Waals surface area contributed by atoms with E-state index in [1.54, 1.807) is 18.2 Å². The van der Waals surface area contributed by atoms with Gasteiger partial charge in [0.2, 0.25) is 5.91 Å². The average Bonchev–Trinajstić information content (AvgIpc) is 3.18. The molecule has 0 saturated carbocycles. The van der Waals surface area contributed by atoms with Crippen molar-refractivity contribution in [2.45, 2.75) is 24.5 Å². The van der Waals surface area contributed by atoms with Crippen LogP contribution in [-0.2, 0) is 9.59 Å². The van der Waals surface area contributed by atoms with Gasteiger partial charge in [-0.25, -0.2) is 0 Å². The number of methoxy groups -OCH3 is 1. The Morgan fingerprint density at radius 3 is 2.88 bits per heavy atom. The number of rotatable bonds is 4. The molecule has 6 nitrogen and oxygen atoms in total. The lowest BCUT2D eigenvalue weighted by Crippen LogP contribution is -2.25. The summed E-state index contributed by atoms with van der Waals surface area (Å²) in [5.74, 6) is 0.0737. The molecule has 0 bridgehead atoms. The molecule has 1 atom stereocenters. The number of thioether (sulfide) groups is 1. The Balaban J connectivity index is 1.55. The first-order valence-electron chi connectivity index (χ1n) is 7.74. The second kappa shape index (κ2) is 7.44. The molecule has 8 heteroatoms. The Morgan fingerprint density at radius 1 is 1.46 bits per heavy atom. The van der Waals surface area contributed by atoms with E-state index in [0.29, 0.717) is 16.5 Å². The van der Waals surface area contributed by atoms with E-state index in [-0.39, 0.29) is 18.2 Å². The van der Waals surface area contributed by atoms with Crippen molar-refractivity contribution in [3.8, 4) is 5.75 Å². The van der Waals surface area contributed by atoms with Crippen LogP contribution in [0.2, 0.25) is 5.02 Å². The third-order valence-electron chi connectivity index (χ3n) is 3.91. The Labute approximate surface area is 149 Å². The molecule has 2 aliphatic heterocycles. The van der Waals surface area contributed by atoms with Gasteiger partial charge in [0.15, 0.2) is 5.17 Å². The minimum Gasteiger partial charge on any atom is -0.495 e. The Hall–Kier alpha value is -1.73. The Kier molecular flexibility index (Phi) is 5.30. The number of carbonyl (C=O) groups is 2. The van der Waals surface area contributed by atoms with Gasteiger partial charge in [0.1, 0.15) is 11.0 Å². The van der Waals surface area contributed by atoms with Crippen LogP contribution in [0, 0.1) is 0 Å². The number of amides is 2. The molecule has 0 aliphatic carbocycles. The number of halogens is 1. The van der Waals surface area contributed by atoms with Crippen molar-refractivity contribution in [2.75, 3.05) is 25.5 Å². The minimum absolute atomic E-state index is 0.0913. The molecule has 1 fully saturated rings. The number of nitrogens with zero attached hydrogens (tertiary/aromatic N) is 2. The van der Waals surface area contributed by atoms with Crippen LogP contribution in [0.5, 0.6) is 5.75 Å². The summed E-state index contributed by atoms with van der Waals surface area (Å²) in [7, 11) is 1.53. The van der Waals surface area contributed by atoms with Crippen molar-refractivity contribution >= 4 is 46.0 Å². The second-order valence-corrected chi connectivity index (χ2v) is 7.21. The molecule has 0 aromatic heterocycles. The first kappa shape index (κ1) is 17.1. The number of hydrogen-bond donors (Lipinski definition) is 1. The number of nitrogens with one attached hydrogen (secondary N) is 1. The van der Waals surface area contributed by atoms with Gasteiger partial charge in [-0.05, 0) is 31.0 Å².